The number of nitrogens with zero attached hydrogens (tertiary/aromatic N) is 2. The largest absolute Gasteiger partial charge is 0.481 e. The van der Waals surface area contributed by atoms with Crippen molar-refractivity contribution in [3.8, 4) is 0 Å². The third-order valence-corrected chi connectivity index (χ3v) is 8.51. The second-order valence-corrected chi connectivity index (χ2v) is 10.2. The predicted octanol–water partition coefficient (Wildman–Crippen LogP) is 6.16. The van der Waals surface area contributed by atoms with Gasteiger partial charge >= 0.3 is 7.60 Å². The van der Waals surface area contributed by atoms with Crippen molar-refractivity contribution >= 4 is 40.7 Å². The monoisotopic (exact) mass is 432 g/mol. The van der Waals surface area contributed by atoms with Gasteiger partial charge in [-0.3, -0.25) is 8.97 Å². The summed E-state index contributed by atoms with van der Waals surface area (Å²) in [5.74, 6) is 0.732. The van der Waals surface area contributed by atoms with Crippen molar-refractivity contribution in [2.75, 3.05) is 13.2 Å². The fourth-order valence-electron chi connectivity index (χ4n) is 3.67. The first-order valence-electron chi connectivity index (χ1n) is 9.69. The van der Waals surface area contributed by atoms with E-state index in [1.807, 2.05) is 44.2 Å². The topological polar surface area (TPSA) is 62.1 Å². The Balaban J connectivity index is 1.81. The molecule has 1 aromatic carbocycles. The average molecular weight is 432 g/mol. The van der Waals surface area contributed by atoms with Gasteiger partial charge < -0.3 is 13.8 Å². The van der Waals surface area contributed by atoms with Crippen LogP contribution in [0.5, 0.6) is 0 Å². The normalized spacial score (nSPS) is 16.7. The number of aromatic nitrogens is 2. The Hall–Kier alpha value is -1.92. The fourth-order valence-corrected chi connectivity index (χ4v) is 6.76. The van der Waals surface area contributed by atoms with E-state index >= 15 is 0 Å². The second kappa shape index (κ2) is 7.40. The van der Waals surface area contributed by atoms with E-state index in [4.69, 9.17) is 18.8 Å². The number of thiazole rings is 1. The zero-order chi connectivity index (χ0) is 20.8. The fraction of sp³-hybridized carbons (Fsp3) is 0.381. The maximum absolute atomic E-state index is 13.3. The van der Waals surface area contributed by atoms with Crippen molar-refractivity contribution in [3.63, 3.8) is 0 Å². The molecule has 2 aromatic heterocycles. The number of ether oxygens (including phenoxy) is 1. The van der Waals surface area contributed by atoms with Crippen LogP contribution in [0.15, 0.2) is 41.7 Å². The Morgan fingerprint density at radius 1 is 1.17 bits per heavy atom. The number of imidazole rings is 1. The first-order valence-corrected chi connectivity index (χ1v) is 12.0. The molecule has 3 aromatic rings. The summed E-state index contributed by atoms with van der Waals surface area (Å²) >= 11 is 1.58. The molecule has 0 aliphatic carbocycles. The van der Waals surface area contributed by atoms with Gasteiger partial charge in [0.15, 0.2) is 4.96 Å². The minimum absolute atomic E-state index is 0.301. The van der Waals surface area contributed by atoms with E-state index in [0.717, 1.165) is 32.3 Å². The molecule has 8 heteroatoms. The zero-order valence-electron chi connectivity index (χ0n) is 17.3. The SMILES string of the molecule is CCOP(=O)(OCC)C1=CC=C(c2sc3nc4ccccc4n3c2C)OC1(C)C. The van der Waals surface area contributed by atoms with Crippen molar-refractivity contribution in [1.82, 2.24) is 9.38 Å². The Morgan fingerprint density at radius 3 is 2.52 bits per heavy atom. The molecule has 0 saturated carbocycles. The van der Waals surface area contributed by atoms with E-state index in [2.05, 4.69) is 17.4 Å². The maximum atomic E-state index is 13.3. The van der Waals surface area contributed by atoms with Crippen LogP contribution in [0.25, 0.3) is 21.8 Å². The van der Waals surface area contributed by atoms with Crippen LogP contribution in [0.1, 0.15) is 38.3 Å². The van der Waals surface area contributed by atoms with Crippen LogP contribution in [0.3, 0.4) is 0 Å². The molecule has 4 rings (SSSR count). The van der Waals surface area contributed by atoms with Gasteiger partial charge in [0.05, 0.1) is 34.4 Å². The maximum Gasteiger partial charge on any atom is 0.361 e. The molecule has 0 radical (unpaired) electrons. The van der Waals surface area contributed by atoms with Crippen LogP contribution in [-0.4, -0.2) is 28.2 Å². The molecule has 1 aliphatic rings. The van der Waals surface area contributed by atoms with Gasteiger partial charge in [-0.1, -0.05) is 23.5 Å². The summed E-state index contributed by atoms with van der Waals surface area (Å²) in [5, 5.41) is 0.530. The molecule has 29 heavy (non-hydrogen) atoms. The molecule has 0 bridgehead atoms. The Kier molecular flexibility index (Phi) is 5.20. The van der Waals surface area contributed by atoms with E-state index in [9.17, 15) is 4.57 Å². The molecule has 0 saturated heterocycles. The molecule has 0 spiro atoms. The number of hydrogen-bond donors (Lipinski definition) is 0. The molecule has 0 amide bonds. The second-order valence-electron chi connectivity index (χ2n) is 7.26. The molecule has 0 fully saturated rings. The molecular weight excluding hydrogens is 407 g/mol. The van der Waals surface area contributed by atoms with E-state index in [1.54, 1.807) is 25.2 Å². The van der Waals surface area contributed by atoms with Crippen molar-refractivity contribution in [2.45, 2.75) is 40.2 Å². The smallest absolute Gasteiger partial charge is 0.361 e. The number of para-hydroxylation sites is 2. The van der Waals surface area contributed by atoms with Crippen molar-refractivity contribution in [1.29, 1.82) is 0 Å². The first kappa shape index (κ1) is 20.4. The summed E-state index contributed by atoms with van der Waals surface area (Å²) < 4.78 is 32.9. The minimum Gasteiger partial charge on any atom is -0.481 e. The number of rotatable bonds is 6. The summed E-state index contributed by atoms with van der Waals surface area (Å²) in [4.78, 5) is 6.65. The lowest BCUT2D eigenvalue weighted by molar-refractivity contribution is 0.110. The molecule has 0 atom stereocenters. The van der Waals surface area contributed by atoms with Crippen LogP contribution in [0.2, 0.25) is 0 Å². The standard InChI is InChI=1S/C21H25N2O4PS/c1-6-25-28(24,26-7-2)18-13-12-17(27-21(18,4)5)19-14(3)23-16-11-9-8-10-15(16)22-20(23)29-19/h8-13H,6-7H2,1-5H3. The number of benzene rings is 1. The molecule has 1 aliphatic heterocycles. The van der Waals surface area contributed by atoms with Crippen LogP contribution >= 0.6 is 18.9 Å². The summed E-state index contributed by atoms with van der Waals surface area (Å²) in [6, 6.07) is 8.09. The molecule has 0 N–H and O–H groups in total. The van der Waals surface area contributed by atoms with Gasteiger partial charge in [-0.05, 0) is 58.9 Å². The lowest BCUT2D eigenvalue weighted by atomic mass is 10.1. The summed E-state index contributed by atoms with van der Waals surface area (Å²) in [6.45, 7) is 10.1. The van der Waals surface area contributed by atoms with E-state index < -0.39 is 13.2 Å². The van der Waals surface area contributed by atoms with Crippen molar-refractivity contribution in [2.24, 2.45) is 0 Å². The molecule has 154 valence electrons. The van der Waals surface area contributed by atoms with Gasteiger partial charge in [-0.15, -0.1) is 0 Å². The highest BCUT2D eigenvalue weighted by atomic mass is 32.1. The summed E-state index contributed by atoms with van der Waals surface area (Å²) in [7, 11) is -3.42. The third kappa shape index (κ3) is 3.36. The van der Waals surface area contributed by atoms with Gasteiger partial charge in [0, 0.05) is 5.69 Å². The molecule has 3 heterocycles. The van der Waals surface area contributed by atoms with Gasteiger partial charge in [0.25, 0.3) is 0 Å². The molecular formula is C21H25N2O4PS. The lowest BCUT2D eigenvalue weighted by Gasteiger charge is -2.35. The quantitative estimate of drug-likeness (QED) is 0.437. The van der Waals surface area contributed by atoms with E-state index in [1.165, 1.54) is 0 Å². The van der Waals surface area contributed by atoms with Crippen LogP contribution in [-0.2, 0) is 18.3 Å². The minimum atomic E-state index is -3.42. The van der Waals surface area contributed by atoms with Gasteiger partial charge in [-0.25, -0.2) is 4.98 Å². The van der Waals surface area contributed by atoms with Crippen LogP contribution in [0, 0.1) is 6.92 Å². The van der Waals surface area contributed by atoms with Crippen LogP contribution < -0.4 is 0 Å². The number of fused-ring (bicyclic) bond motifs is 3. The molecule has 6 nitrogen and oxygen atoms in total. The average Bonchev–Trinajstić information content (AvgIpc) is 3.17. The highest BCUT2D eigenvalue weighted by molar-refractivity contribution is 7.58. The van der Waals surface area contributed by atoms with Gasteiger partial charge in [-0.2, -0.15) is 0 Å². The Bertz CT molecular complexity index is 1180. The van der Waals surface area contributed by atoms with E-state index in [0.29, 0.717) is 18.5 Å². The first-order chi connectivity index (χ1) is 13.8. The Morgan fingerprint density at radius 2 is 1.86 bits per heavy atom. The number of hydrogen-bond acceptors (Lipinski definition) is 6. The highest BCUT2D eigenvalue weighted by Crippen LogP contribution is 2.61. The lowest BCUT2D eigenvalue weighted by Crippen LogP contribution is -2.29. The summed E-state index contributed by atoms with van der Waals surface area (Å²) in [5.41, 5.74) is 2.29. The number of aryl methyl sites for hydroxylation is 1. The number of allylic oxidation sites excluding steroid dienone is 2. The summed E-state index contributed by atoms with van der Waals surface area (Å²) in [6.07, 6.45) is 3.68. The predicted molar refractivity (Wildman–Crippen MR) is 117 cm³/mol. The highest BCUT2D eigenvalue weighted by Gasteiger charge is 2.43. The molecule has 0 unspecified atom stereocenters. The third-order valence-electron chi connectivity index (χ3n) is 4.88. The van der Waals surface area contributed by atoms with Crippen molar-refractivity contribution < 1.29 is 18.3 Å². The zero-order valence-corrected chi connectivity index (χ0v) is 19.0. The Labute approximate surface area is 174 Å². The van der Waals surface area contributed by atoms with Gasteiger partial charge in [0.1, 0.15) is 11.4 Å². The van der Waals surface area contributed by atoms with Crippen molar-refractivity contribution in [3.05, 3.63) is 52.3 Å². The van der Waals surface area contributed by atoms with Gasteiger partial charge in [0.2, 0.25) is 0 Å². The van der Waals surface area contributed by atoms with Crippen LogP contribution in [0.4, 0.5) is 0 Å². The van der Waals surface area contributed by atoms with E-state index in [-0.39, 0.29) is 0 Å².